The lowest BCUT2D eigenvalue weighted by Crippen LogP contribution is -2.37. The van der Waals surface area contributed by atoms with Crippen LogP contribution < -0.4 is 5.32 Å². The molecule has 94 heavy (non-hydrogen) atoms. The number of hydrogen-bond donors (Lipinski definition) is 2. The van der Waals surface area contributed by atoms with E-state index in [4.69, 9.17) is 58.9 Å². The molecule has 0 unspecified atom stereocenters. The van der Waals surface area contributed by atoms with Crippen molar-refractivity contribution >= 4 is 78.3 Å². The molecule has 0 bridgehead atoms. The van der Waals surface area contributed by atoms with Gasteiger partial charge in [-0.2, -0.15) is 0 Å². The number of carboxylic acid groups (broad SMARTS) is 1. The summed E-state index contributed by atoms with van der Waals surface area (Å²) in [6.45, 7) is 27.5. The quantitative estimate of drug-likeness (QED) is 0.0260. The highest BCUT2D eigenvalue weighted by Crippen LogP contribution is 2.47. The van der Waals surface area contributed by atoms with Crippen LogP contribution in [0.25, 0.3) is 0 Å². The molecular formula is C68H108ClN2O22P. The van der Waals surface area contributed by atoms with Gasteiger partial charge in [0.2, 0.25) is 11.1 Å². The largest absolute Gasteiger partial charge is 0.478 e. The Morgan fingerprint density at radius 1 is 0.574 bits per heavy atom. The van der Waals surface area contributed by atoms with E-state index in [1.54, 1.807) is 93.5 Å². The van der Waals surface area contributed by atoms with Crippen molar-refractivity contribution in [2.75, 3.05) is 112 Å². The molecule has 5 fully saturated rings. The second-order valence-corrected chi connectivity index (χ2v) is 26.2. The van der Waals surface area contributed by atoms with Gasteiger partial charge in [0.25, 0.3) is 11.8 Å². The molecule has 3 amide bonds. The maximum atomic E-state index is 11.8. The Bertz CT molecular complexity index is 2440. The zero-order valence-electron chi connectivity index (χ0n) is 57.2. The van der Waals surface area contributed by atoms with E-state index in [2.05, 4.69) is 10.1 Å². The molecule has 2 N–H and O–H groups in total. The van der Waals surface area contributed by atoms with Crippen molar-refractivity contribution < 1.29 is 105 Å². The molecule has 7 heterocycles. The summed E-state index contributed by atoms with van der Waals surface area (Å²) >= 11 is 5.11. The molecule has 0 atom stereocenters. The number of nitrogens with zero attached hydrogens (tertiary/aromatic N) is 1. The highest BCUT2D eigenvalue weighted by atomic mass is 35.5. The molecule has 5 saturated heterocycles. The Morgan fingerprint density at radius 2 is 0.968 bits per heavy atom. The molecule has 7 aliphatic heterocycles. The Morgan fingerprint density at radius 3 is 1.29 bits per heavy atom. The van der Waals surface area contributed by atoms with Crippen LogP contribution in [-0.4, -0.2) is 181 Å². The van der Waals surface area contributed by atoms with E-state index in [1.807, 2.05) is 18.2 Å². The number of nitrogens with one attached hydrogen (secondary N) is 1. The van der Waals surface area contributed by atoms with Crippen molar-refractivity contribution in [1.82, 2.24) is 10.2 Å². The molecule has 0 saturated carbocycles. The van der Waals surface area contributed by atoms with Crippen molar-refractivity contribution in [1.29, 1.82) is 0 Å². The summed E-state index contributed by atoms with van der Waals surface area (Å²) in [4.78, 5) is 110. The molecule has 0 aromatic rings. The van der Waals surface area contributed by atoms with Crippen LogP contribution in [0.5, 0.6) is 0 Å². The van der Waals surface area contributed by atoms with Gasteiger partial charge in [0.1, 0.15) is 12.4 Å². The maximum Gasteiger partial charge on any atom is 0.341 e. The molecule has 7 aliphatic rings. The zero-order chi connectivity index (χ0) is 70.6. The molecule has 0 aliphatic carbocycles. The topological polar surface area (TPSA) is 316 Å². The second-order valence-electron chi connectivity index (χ2n) is 23.8. The van der Waals surface area contributed by atoms with Gasteiger partial charge in [-0.15, -0.1) is 0 Å². The van der Waals surface area contributed by atoms with Crippen LogP contribution in [0.1, 0.15) is 146 Å². The van der Waals surface area contributed by atoms with Gasteiger partial charge in [-0.3, -0.25) is 38.2 Å². The first-order valence-corrected chi connectivity index (χ1v) is 34.7. The lowest BCUT2D eigenvalue weighted by molar-refractivity contribution is -0.162. The Hall–Kier alpha value is -5.82. The first-order valence-electron chi connectivity index (χ1n) is 32.6. The fourth-order valence-electron chi connectivity index (χ4n) is 8.13. The van der Waals surface area contributed by atoms with E-state index in [1.165, 1.54) is 35.3 Å². The first kappa shape index (κ1) is 88.2. The summed E-state index contributed by atoms with van der Waals surface area (Å²) in [5.41, 5.74) is -1.02. The van der Waals surface area contributed by atoms with Crippen molar-refractivity contribution in [3.8, 4) is 0 Å². The van der Waals surface area contributed by atoms with Crippen LogP contribution in [0.4, 0.5) is 0 Å². The van der Waals surface area contributed by atoms with Gasteiger partial charge in [-0.1, -0.05) is 57.2 Å². The van der Waals surface area contributed by atoms with E-state index in [-0.39, 0.29) is 66.2 Å². The standard InChI is InChI=1S/C13H17NO3.C13H20O4.C10H16O3.C8H17O5P.C8H12O3.C6H10O2.C5H9ClO.C5H7NO/c15-12-3-1-2-8-14(12)13(16)5-4-11-6-9-17-10-7-11;1-13(2,3)12(15)17-11(14)5-4-10-6-8-16-9-7-10;1-2-13-10(11)4-3-9-5-7-12-8-6-9;1-4-11-8(9)7-14(10,12-5-2)13-6-3;9-8(10)2-1-7-3-5-11-6-4-7;7-5-6-1-3-8-4-2-6;1-5(2,3)4(6)7;7-5-3-1-2-4-6-5/h1,3-5,11H,2,6-10H2;4-5,10H,6-9H2,1-3H3;3-4,9H,2,5-8H2,1H3;4-7H2,1-3H3;1-2,7H,3-6H2,(H,9,10);5-6H,1-4H2;1-3H3;1,3H,2,4H2,(H,6,7)/b2*5-4+;4-3+;;2-1+;;;. The van der Waals surface area contributed by atoms with Crippen molar-refractivity contribution in [3.63, 3.8) is 0 Å². The Balaban J connectivity index is 0.00000107. The van der Waals surface area contributed by atoms with E-state index < -0.39 is 36.9 Å². The molecule has 26 heteroatoms. The first-order chi connectivity index (χ1) is 44.6. The van der Waals surface area contributed by atoms with Crippen LogP contribution in [0, 0.1) is 40.4 Å². The van der Waals surface area contributed by atoms with E-state index >= 15 is 0 Å². The second kappa shape index (κ2) is 53.3. The van der Waals surface area contributed by atoms with Crippen LogP contribution >= 0.6 is 19.2 Å². The third-order valence-electron chi connectivity index (χ3n) is 13.7. The van der Waals surface area contributed by atoms with Crippen molar-refractivity contribution in [2.24, 2.45) is 40.4 Å². The lowest BCUT2D eigenvalue weighted by Gasteiger charge is -2.21. The average molecular weight is 1370 g/mol. The molecule has 0 aromatic carbocycles. The average Bonchev–Trinajstić information content (AvgIpc) is 1.31. The third-order valence-corrected chi connectivity index (χ3v) is 16.2. The number of carboxylic acids is 1. The van der Waals surface area contributed by atoms with Crippen molar-refractivity contribution in [3.05, 3.63) is 72.9 Å². The number of carbonyl (C=O) groups excluding carboxylic acids is 9. The molecule has 7 rings (SSSR count). The fraction of sp³-hybridized carbons (Fsp3) is 0.676. The Kier molecular flexibility index (Phi) is 50.0. The molecule has 0 aromatic heterocycles. The highest BCUT2D eigenvalue weighted by molar-refractivity contribution is 7.54. The number of rotatable bonds is 17. The van der Waals surface area contributed by atoms with E-state index in [0.717, 1.165) is 156 Å². The normalized spacial score (nSPS) is 18.4. The number of allylic oxidation sites excluding steroid dienone is 4. The number of carbonyl (C=O) groups is 10. The predicted molar refractivity (Wildman–Crippen MR) is 355 cm³/mol. The minimum absolute atomic E-state index is 0.0336. The molecule has 0 spiro atoms. The van der Waals surface area contributed by atoms with Gasteiger partial charge in [-0.05, 0) is 179 Å². The number of hydrogen-bond acceptors (Lipinski definition) is 21. The van der Waals surface area contributed by atoms with Gasteiger partial charge < -0.3 is 62.2 Å². The number of imide groups is 1. The van der Waals surface area contributed by atoms with Gasteiger partial charge in [-0.25, -0.2) is 14.4 Å². The minimum Gasteiger partial charge on any atom is -0.478 e. The van der Waals surface area contributed by atoms with Crippen LogP contribution in [-0.2, 0) is 99.5 Å². The van der Waals surface area contributed by atoms with Crippen LogP contribution in [0.3, 0.4) is 0 Å². The fourth-order valence-corrected chi connectivity index (χ4v) is 9.58. The molecule has 0 radical (unpaired) electrons. The predicted octanol–water partition coefficient (Wildman–Crippen LogP) is 10.2. The summed E-state index contributed by atoms with van der Waals surface area (Å²) < 4.78 is 61.6. The number of esters is 4. The SMILES string of the molecule is CC(C)(C)C(=O)Cl.CC(C)(C)C(=O)OC(=O)/C=C/C1CCOCC1.CCOC(=O)/C=C/C1CCOCC1.CCOC(=O)CP(=O)(OCC)OCC.O=C(O)/C=C/C1CCOCC1.O=C1C=CCCN1.O=C1C=CCCN1C(=O)/C=C/C1CCOCC1.O=CC1CCOCC1. The minimum atomic E-state index is -3.28. The summed E-state index contributed by atoms with van der Waals surface area (Å²) in [6, 6.07) is 0. The zero-order valence-corrected chi connectivity index (χ0v) is 58.8. The summed E-state index contributed by atoms with van der Waals surface area (Å²) in [5.74, 6) is -1.21. The number of aldehydes is 1. The van der Waals surface area contributed by atoms with Gasteiger partial charge in [0, 0.05) is 109 Å². The monoisotopic (exact) mass is 1370 g/mol. The number of aliphatic carboxylic acids is 1. The molecule has 534 valence electrons. The van der Waals surface area contributed by atoms with Gasteiger partial charge in [0.15, 0.2) is 0 Å². The van der Waals surface area contributed by atoms with Gasteiger partial charge >= 0.3 is 37.4 Å². The lowest BCUT2D eigenvalue weighted by atomic mass is 9.97. The van der Waals surface area contributed by atoms with Crippen molar-refractivity contribution in [2.45, 2.75) is 146 Å². The molecular weight excluding hydrogens is 1260 g/mol. The van der Waals surface area contributed by atoms with E-state index in [9.17, 15) is 52.5 Å². The Labute approximate surface area is 562 Å². The maximum absolute atomic E-state index is 11.8. The summed E-state index contributed by atoms with van der Waals surface area (Å²) in [6.07, 6.45) is 31.7. The van der Waals surface area contributed by atoms with Crippen LogP contribution in [0.15, 0.2) is 72.9 Å². The smallest absolute Gasteiger partial charge is 0.341 e. The summed E-state index contributed by atoms with van der Waals surface area (Å²) in [5, 5.41) is 10.7. The number of halogens is 1. The number of ether oxygens (including phenoxy) is 8. The van der Waals surface area contributed by atoms with Gasteiger partial charge in [0.05, 0.1) is 31.8 Å². The number of amides is 3. The molecule has 24 nitrogen and oxygen atoms in total. The summed E-state index contributed by atoms with van der Waals surface area (Å²) in [7, 11) is -3.28. The third kappa shape index (κ3) is 48.0. The van der Waals surface area contributed by atoms with E-state index in [0.29, 0.717) is 36.8 Å². The van der Waals surface area contributed by atoms with Crippen LogP contribution in [0.2, 0.25) is 0 Å². The highest BCUT2D eigenvalue weighted by Gasteiger charge is 2.29.